The maximum Gasteiger partial charge on any atom is 0.416 e. The lowest BCUT2D eigenvalue weighted by Crippen LogP contribution is -2.36. The standard InChI is InChI=1S/C22H26F3NO3/c1-27-21-8-7-17(4-3-9-26-10-12-28-13-11-26)14-18(21)16-29-20-6-2-5-19(15-20)22(23,24)25/h2,5-8,14-15H,3-4,9-13,16H2,1H3. The highest BCUT2D eigenvalue weighted by atomic mass is 19.4. The lowest BCUT2D eigenvalue weighted by molar-refractivity contribution is -0.137. The van der Waals surface area contributed by atoms with Crippen molar-refractivity contribution in [2.45, 2.75) is 25.6 Å². The Bertz CT molecular complexity index is 789. The third-order valence-electron chi connectivity index (χ3n) is 4.94. The summed E-state index contributed by atoms with van der Waals surface area (Å²) in [6, 6.07) is 10.8. The minimum atomic E-state index is -4.39. The number of benzene rings is 2. The van der Waals surface area contributed by atoms with E-state index in [1.165, 1.54) is 12.1 Å². The third kappa shape index (κ3) is 6.37. The smallest absolute Gasteiger partial charge is 0.416 e. The largest absolute Gasteiger partial charge is 0.496 e. The topological polar surface area (TPSA) is 30.9 Å². The van der Waals surface area contributed by atoms with Crippen molar-refractivity contribution in [3.05, 3.63) is 59.2 Å². The molecule has 0 unspecified atom stereocenters. The molecule has 0 atom stereocenters. The number of methoxy groups -OCH3 is 1. The van der Waals surface area contributed by atoms with Gasteiger partial charge >= 0.3 is 6.18 Å². The molecule has 29 heavy (non-hydrogen) atoms. The monoisotopic (exact) mass is 409 g/mol. The second-order valence-electron chi connectivity index (χ2n) is 7.02. The SMILES string of the molecule is COc1ccc(CCCN2CCOCC2)cc1COc1cccc(C(F)(F)F)c1. The number of aryl methyl sites for hydroxylation is 1. The van der Waals surface area contributed by atoms with Crippen molar-refractivity contribution in [3.8, 4) is 11.5 Å². The zero-order chi connectivity index (χ0) is 20.7. The van der Waals surface area contributed by atoms with E-state index in [4.69, 9.17) is 14.2 Å². The van der Waals surface area contributed by atoms with Gasteiger partial charge in [0.15, 0.2) is 0 Å². The van der Waals surface area contributed by atoms with E-state index in [2.05, 4.69) is 4.90 Å². The highest BCUT2D eigenvalue weighted by molar-refractivity contribution is 5.38. The molecule has 0 spiro atoms. The highest BCUT2D eigenvalue weighted by Gasteiger charge is 2.30. The van der Waals surface area contributed by atoms with Crippen LogP contribution in [0.5, 0.6) is 11.5 Å². The van der Waals surface area contributed by atoms with Gasteiger partial charge in [0.05, 0.1) is 25.9 Å². The molecule has 1 fully saturated rings. The molecular formula is C22H26F3NO3. The van der Waals surface area contributed by atoms with Gasteiger partial charge in [0, 0.05) is 18.7 Å². The van der Waals surface area contributed by atoms with Crippen LogP contribution in [0.15, 0.2) is 42.5 Å². The van der Waals surface area contributed by atoms with E-state index < -0.39 is 11.7 Å². The van der Waals surface area contributed by atoms with Crippen LogP contribution in [0.3, 0.4) is 0 Å². The van der Waals surface area contributed by atoms with Crippen LogP contribution in [0.2, 0.25) is 0 Å². The maximum absolute atomic E-state index is 12.9. The van der Waals surface area contributed by atoms with E-state index >= 15 is 0 Å². The van der Waals surface area contributed by atoms with Gasteiger partial charge in [-0.15, -0.1) is 0 Å². The minimum absolute atomic E-state index is 0.141. The number of ether oxygens (including phenoxy) is 3. The van der Waals surface area contributed by atoms with Crippen LogP contribution in [-0.2, 0) is 23.9 Å². The molecule has 0 amide bonds. The first kappa shape index (κ1) is 21.5. The average Bonchev–Trinajstić information content (AvgIpc) is 2.73. The number of hydrogen-bond donors (Lipinski definition) is 0. The quantitative estimate of drug-likeness (QED) is 0.640. The predicted molar refractivity (Wildman–Crippen MR) is 104 cm³/mol. The van der Waals surface area contributed by atoms with E-state index in [-0.39, 0.29) is 12.4 Å². The predicted octanol–water partition coefficient (Wildman–Crippen LogP) is 4.56. The molecule has 0 aliphatic carbocycles. The molecule has 0 bridgehead atoms. The summed E-state index contributed by atoms with van der Waals surface area (Å²) in [6.07, 6.45) is -2.45. The Labute approximate surface area is 169 Å². The van der Waals surface area contributed by atoms with E-state index in [1.54, 1.807) is 7.11 Å². The molecular weight excluding hydrogens is 383 g/mol. The summed E-state index contributed by atoms with van der Waals surface area (Å²) in [4.78, 5) is 2.39. The maximum atomic E-state index is 12.9. The second kappa shape index (κ2) is 9.98. The Balaban J connectivity index is 1.60. The molecule has 2 aromatic rings. The van der Waals surface area contributed by atoms with Crippen molar-refractivity contribution in [2.24, 2.45) is 0 Å². The molecule has 0 saturated carbocycles. The number of rotatable bonds is 8. The highest BCUT2D eigenvalue weighted by Crippen LogP contribution is 2.32. The molecule has 0 aromatic heterocycles. The molecule has 0 N–H and O–H groups in total. The first-order chi connectivity index (χ1) is 14.0. The lowest BCUT2D eigenvalue weighted by Gasteiger charge is -2.26. The molecule has 0 radical (unpaired) electrons. The van der Waals surface area contributed by atoms with Gasteiger partial charge in [-0.3, -0.25) is 4.90 Å². The van der Waals surface area contributed by atoms with Crippen molar-refractivity contribution in [1.29, 1.82) is 0 Å². The summed E-state index contributed by atoms with van der Waals surface area (Å²) in [5.74, 6) is 0.841. The number of morpholine rings is 1. The molecule has 1 heterocycles. The van der Waals surface area contributed by atoms with E-state index in [0.29, 0.717) is 5.75 Å². The van der Waals surface area contributed by atoms with Crippen LogP contribution >= 0.6 is 0 Å². The van der Waals surface area contributed by atoms with Crippen molar-refractivity contribution < 1.29 is 27.4 Å². The minimum Gasteiger partial charge on any atom is -0.496 e. The van der Waals surface area contributed by atoms with Crippen LogP contribution < -0.4 is 9.47 Å². The summed E-state index contributed by atoms with van der Waals surface area (Å²) in [5.41, 5.74) is 1.24. The Morgan fingerprint density at radius 2 is 1.86 bits per heavy atom. The number of nitrogens with zero attached hydrogens (tertiary/aromatic N) is 1. The molecule has 1 aliphatic rings. The van der Waals surface area contributed by atoms with Gasteiger partial charge in [-0.2, -0.15) is 13.2 Å². The summed E-state index contributed by atoms with van der Waals surface area (Å²) in [6.45, 7) is 4.68. The molecule has 2 aromatic carbocycles. The molecule has 1 saturated heterocycles. The molecule has 158 valence electrons. The summed E-state index contributed by atoms with van der Waals surface area (Å²) in [5, 5.41) is 0. The van der Waals surface area contributed by atoms with Crippen LogP contribution in [0.4, 0.5) is 13.2 Å². The summed E-state index contributed by atoms with van der Waals surface area (Å²) >= 11 is 0. The van der Waals surface area contributed by atoms with Crippen LogP contribution in [0, 0.1) is 0 Å². The van der Waals surface area contributed by atoms with Crippen LogP contribution in [-0.4, -0.2) is 44.9 Å². The Morgan fingerprint density at radius 3 is 2.59 bits per heavy atom. The normalized spacial score (nSPS) is 15.3. The van der Waals surface area contributed by atoms with Gasteiger partial charge in [0.2, 0.25) is 0 Å². The molecule has 1 aliphatic heterocycles. The second-order valence-corrected chi connectivity index (χ2v) is 7.02. The van der Waals surface area contributed by atoms with E-state index in [9.17, 15) is 13.2 Å². The van der Waals surface area contributed by atoms with Crippen LogP contribution in [0.1, 0.15) is 23.1 Å². The number of alkyl halides is 3. The van der Waals surface area contributed by atoms with Crippen molar-refractivity contribution in [2.75, 3.05) is 40.0 Å². The van der Waals surface area contributed by atoms with Gasteiger partial charge in [0.1, 0.15) is 18.1 Å². The fourth-order valence-corrected chi connectivity index (χ4v) is 3.36. The molecule has 7 heteroatoms. The van der Waals surface area contributed by atoms with Crippen molar-refractivity contribution >= 4 is 0 Å². The molecule has 4 nitrogen and oxygen atoms in total. The Kier molecular flexibility index (Phi) is 7.39. The van der Waals surface area contributed by atoms with Crippen molar-refractivity contribution in [3.63, 3.8) is 0 Å². The fraction of sp³-hybridized carbons (Fsp3) is 0.455. The van der Waals surface area contributed by atoms with Gasteiger partial charge in [-0.05, 0) is 55.3 Å². The van der Waals surface area contributed by atoms with Crippen LogP contribution in [0.25, 0.3) is 0 Å². The zero-order valence-corrected chi connectivity index (χ0v) is 16.5. The average molecular weight is 409 g/mol. The first-order valence-electron chi connectivity index (χ1n) is 9.71. The number of halogens is 3. The third-order valence-corrected chi connectivity index (χ3v) is 4.94. The fourth-order valence-electron chi connectivity index (χ4n) is 3.36. The van der Waals surface area contributed by atoms with E-state index in [0.717, 1.165) is 68.9 Å². The lowest BCUT2D eigenvalue weighted by atomic mass is 10.1. The molecule has 3 rings (SSSR count). The summed E-state index contributed by atoms with van der Waals surface area (Å²) in [7, 11) is 1.57. The van der Waals surface area contributed by atoms with Crippen molar-refractivity contribution in [1.82, 2.24) is 4.90 Å². The first-order valence-corrected chi connectivity index (χ1v) is 9.71. The van der Waals surface area contributed by atoms with Gasteiger partial charge < -0.3 is 14.2 Å². The van der Waals surface area contributed by atoms with Gasteiger partial charge in [-0.1, -0.05) is 12.1 Å². The van der Waals surface area contributed by atoms with Gasteiger partial charge in [0.25, 0.3) is 0 Å². The Hall–Kier alpha value is -2.25. The number of hydrogen-bond acceptors (Lipinski definition) is 4. The Morgan fingerprint density at radius 1 is 1.07 bits per heavy atom. The van der Waals surface area contributed by atoms with E-state index in [1.807, 2.05) is 18.2 Å². The van der Waals surface area contributed by atoms with Gasteiger partial charge in [-0.25, -0.2) is 0 Å². The summed E-state index contributed by atoms with van der Waals surface area (Å²) < 4.78 is 55.0. The zero-order valence-electron chi connectivity index (χ0n) is 16.5.